The molecule has 16 heavy (non-hydrogen) atoms. The molecule has 0 saturated heterocycles. The molecule has 0 aromatic heterocycles. The molecule has 2 rings (SSSR count). The van der Waals surface area contributed by atoms with E-state index in [1.807, 2.05) is 37.3 Å². The van der Waals surface area contributed by atoms with E-state index in [1.165, 1.54) is 5.56 Å². The van der Waals surface area contributed by atoms with Gasteiger partial charge in [0.15, 0.2) is 0 Å². The van der Waals surface area contributed by atoms with Crippen molar-refractivity contribution >= 4 is 0 Å². The van der Waals surface area contributed by atoms with Crippen LogP contribution in [0.1, 0.15) is 16.7 Å². The van der Waals surface area contributed by atoms with Crippen LogP contribution in [0.3, 0.4) is 0 Å². The standard InChI is InChI=1S/C15H13N/c1-11-5-3-7-13(9-11)14-8-4-6-12(2)15(14)10-16/h3-9H,1-2H3. The Bertz CT molecular complexity index is 562. The molecule has 0 fully saturated rings. The Morgan fingerprint density at radius 1 is 1.00 bits per heavy atom. The zero-order valence-electron chi connectivity index (χ0n) is 9.49. The molecule has 0 aliphatic heterocycles. The van der Waals surface area contributed by atoms with Crippen LogP contribution in [-0.4, -0.2) is 0 Å². The molecule has 0 aliphatic carbocycles. The molecule has 2 aromatic carbocycles. The highest BCUT2D eigenvalue weighted by molar-refractivity contribution is 5.72. The molecule has 0 radical (unpaired) electrons. The first-order valence-electron chi connectivity index (χ1n) is 5.29. The summed E-state index contributed by atoms with van der Waals surface area (Å²) in [4.78, 5) is 0. The van der Waals surface area contributed by atoms with Gasteiger partial charge in [-0.25, -0.2) is 0 Å². The quantitative estimate of drug-likeness (QED) is 0.697. The van der Waals surface area contributed by atoms with Crippen LogP contribution < -0.4 is 0 Å². The molecule has 0 atom stereocenters. The van der Waals surface area contributed by atoms with Gasteiger partial charge in [-0.3, -0.25) is 0 Å². The molecule has 0 amide bonds. The third-order valence-electron chi connectivity index (χ3n) is 2.71. The van der Waals surface area contributed by atoms with Gasteiger partial charge in [0.2, 0.25) is 0 Å². The second-order valence-corrected chi connectivity index (χ2v) is 3.98. The van der Waals surface area contributed by atoms with Crippen LogP contribution in [0.2, 0.25) is 0 Å². The number of benzene rings is 2. The molecule has 0 heterocycles. The number of hydrogen-bond donors (Lipinski definition) is 0. The molecule has 2 aromatic rings. The number of nitriles is 1. The van der Waals surface area contributed by atoms with Gasteiger partial charge in [0, 0.05) is 0 Å². The topological polar surface area (TPSA) is 23.8 Å². The molecule has 78 valence electrons. The summed E-state index contributed by atoms with van der Waals surface area (Å²) in [6, 6.07) is 16.5. The molecular formula is C15H13N. The largest absolute Gasteiger partial charge is 0.192 e. The summed E-state index contributed by atoms with van der Waals surface area (Å²) in [6.07, 6.45) is 0. The summed E-state index contributed by atoms with van der Waals surface area (Å²) < 4.78 is 0. The smallest absolute Gasteiger partial charge is 0.100 e. The molecule has 1 heteroatoms. The second kappa shape index (κ2) is 4.20. The lowest BCUT2D eigenvalue weighted by Crippen LogP contribution is -1.88. The molecular weight excluding hydrogens is 194 g/mol. The first-order valence-corrected chi connectivity index (χ1v) is 5.29. The van der Waals surface area contributed by atoms with E-state index in [0.29, 0.717) is 0 Å². The van der Waals surface area contributed by atoms with Crippen molar-refractivity contribution in [3.63, 3.8) is 0 Å². The van der Waals surface area contributed by atoms with Gasteiger partial charge in [-0.15, -0.1) is 0 Å². The van der Waals surface area contributed by atoms with Gasteiger partial charge >= 0.3 is 0 Å². The Balaban J connectivity index is 2.66. The average Bonchev–Trinajstić information content (AvgIpc) is 2.28. The van der Waals surface area contributed by atoms with Crippen LogP contribution >= 0.6 is 0 Å². The Morgan fingerprint density at radius 3 is 2.44 bits per heavy atom. The summed E-state index contributed by atoms with van der Waals surface area (Å²) in [6.45, 7) is 4.03. The Hall–Kier alpha value is -2.07. The first-order chi connectivity index (χ1) is 7.72. The zero-order chi connectivity index (χ0) is 11.5. The fraction of sp³-hybridized carbons (Fsp3) is 0.133. The minimum absolute atomic E-state index is 0.771. The maximum atomic E-state index is 9.18. The van der Waals surface area contributed by atoms with Crippen LogP contribution in [-0.2, 0) is 0 Å². The van der Waals surface area contributed by atoms with Gasteiger partial charge in [0.1, 0.15) is 6.07 Å². The first kappa shape index (κ1) is 10.4. The van der Waals surface area contributed by atoms with Crippen molar-refractivity contribution in [1.82, 2.24) is 0 Å². The van der Waals surface area contributed by atoms with Gasteiger partial charge in [-0.2, -0.15) is 5.26 Å². The predicted molar refractivity (Wildman–Crippen MR) is 66.1 cm³/mol. The van der Waals surface area contributed by atoms with Gasteiger partial charge < -0.3 is 0 Å². The van der Waals surface area contributed by atoms with E-state index < -0.39 is 0 Å². The molecule has 0 N–H and O–H groups in total. The summed E-state index contributed by atoms with van der Waals surface area (Å²) >= 11 is 0. The lowest BCUT2D eigenvalue weighted by atomic mass is 9.96. The van der Waals surface area contributed by atoms with Crippen molar-refractivity contribution in [1.29, 1.82) is 5.26 Å². The summed E-state index contributed by atoms with van der Waals surface area (Å²) in [5, 5.41) is 9.18. The van der Waals surface area contributed by atoms with E-state index in [1.54, 1.807) is 0 Å². The molecule has 0 saturated carbocycles. The minimum atomic E-state index is 0.771. The molecule has 0 aliphatic rings. The van der Waals surface area contributed by atoms with E-state index >= 15 is 0 Å². The van der Waals surface area contributed by atoms with E-state index in [9.17, 15) is 5.26 Å². The van der Waals surface area contributed by atoms with Crippen molar-refractivity contribution in [2.24, 2.45) is 0 Å². The fourth-order valence-electron chi connectivity index (χ4n) is 1.87. The molecule has 0 bridgehead atoms. The van der Waals surface area contributed by atoms with Crippen molar-refractivity contribution in [3.05, 3.63) is 59.2 Å². The van der Waals surface area contributed by atoms with E-state index in [4.69, 9.17) is 0 Å². The highest BCUT2D eigenvalue weighted by Crippen LogP contribution is 2.25. The molecule has 0 unspecified atom stereocenters. The van der Waals surface area contributed by atoms with Gasteiger partial charge in [-0.05, 0) is 30.5 Å². The second-order valence-electron chi connectivity index (χ2n) is 3.98. The van der Waals surface area contributed by atoms with Crippen molar-refractivity contribution < 1.29 is 0 Å². The normalized spacial score (nSPS) is 9.81. The third kappa shape index (κ3) is 1.83. The van der Waals surface area contributed by atoms with E-state index in [-0.39, 0.29) is 0 Å². The molecule has 0 spiro atoms. The maximum absolute atomic E-state index is 9.18. The highest BCUT2D eigenvalue weighted by Gasteiger charge is 2.06. The van der Waals surface area contributed by atoms with Gasteiger partial charge in [0.25, 0.3) is 0 Å². The van der Waals surface area contributed by atoms with Crippen molar-refractivity contribution in [2.75, 3.05) is 0 Å². The lowest BCUT2D eigenvalue weighted by molar-refractivity contribution is 1.38. The lowest BCUT2D eigenvalue weighted by Gasteiger charge is -2.07. The van der Waals surface area contributed by atoms with Gasteiger partial charge in [0.05, 0.1) is 5.56 Å². The van der Waals surface area contributed by atoms with Gasteiger partial charge in [-0.1, -0.05) is 48.0 Å². The Kier molecular flexibility index (Phi) is 2.74. The third-order valence-corrected chi connectivity index (χ3v) is 2.71. The number of nitrogens with zero attached hydrogens (tertiary/aromatic N) is 1. The number of aryl methyl sites for hydroxylation is 2. The van der Waals surface area contributed by atoms with Crippen LogP contribution in [0.4, 0.5) is 0 Å². The van der Waals surface area contributed by atoms with Crippen LogP contribution in [0.15, 0.2) is 42.5 Å². The monoisotopic (exact) mass is 207 g/mol. The van der Waals surface area contributed by atoms with Crippen LogP contribution in [0.5, 0.6) is 0 Å². The number of rotatable bonds is 1. The van der Waals surface area contributed by atoms with Crippen LogP contribution in [0.25, 0.3) is 11.1 Å². The SMILES string of the molecule is Cc1cccc(-c2cccc(C)c2C#N)c1. The average molecular weight is 207 g/mol. The summed E-state index contributed by atoms with van der Waals surface area (Å²) in [5.41, 5.74) is 5.14. The summed E-state index contributed by atoms with van der Waals surface area (Å²) in [7, 11) is 0. The van der Waals surface area contributed by atoms with Crippen molar-refractivity contribution in [2.45, 2.75) is 13.8 Å². The maximum Gasteiger partial charge on any atom is 0.100 e. The van der Waals surface area contributed by atoms with E-state index in [0.717, 1.165) is 22.3 Å². The van der Waals surface area contributed by atoms with E-state index in [2.05, 4.69) is 25.1 Å². The van der Waals surface area contributed by atoms with Crippen molar-refractivity contribution in [3.8, 4) is 17.2 Å². The fourth-order valence-corrected chi connectivity index (χ4v) is 1.87. The summed E-state index contributed by atoms with van der Waals surface area (Å²) in [5.74, 6) is 0. The zero-order valence-corrected chi connectivity index (χ0v) is 9.49. The highest BCUT2D eigenvalue weighted by atomic mass is 14.3. The van der Waals surface area contributed by atoms with Crippen LogP contribution in [0, 0.1) is 25.2 Å². The predicted octanol–water partition coefficient (Wildman–Crippen LogP) is 3.84. The Labute approximate surface area is 96.0 Å². The number of hydrogen-bond acceptors (Lipinski definition) is 1. The molecule has 1 nitrogen and oxygen atoms in total. The Morgan fingerprint density at radius 2 is 1.75 bits per heavy atom. The minimum Gasteiger partial charge on any atom is -0.192 e.